The predicted molar refractivity (Wildman–Crippen MR) is 57.2 cm³/mol. The van der Waals surface area contributed by atoms with Crippen LogP contribution in [0.4, 0.5) is 0 Å². The zero-order valence-corrected chi connectivity index (χ0v) is 9.17. The van der Waals surface area contributed by atoms with Gasteiger partial charge in [-0.3, -0.25) is 0 Å². The van der Waals surface area contributed by atoms with Crippen molar-refractivity contribution in [3.63, 3.8) is 0 Å². The fraction of sp³-hybridized carbons (Fsp3) is 0.400. The molecule has 1 rings (SSSR count). The van der Waals surface area contributed by atoms with Crippen molar-refractivity contribution in [1.29, 1.82) is 0 Å². The lowest BCUT2D eigenvalue weighted by atomic mass is 10.2. The van der Waals surface area contributed by atoms with Gasteiger partial charge in [-0.25, -0.2) is 0 Å². The van der Waals surface area contributed by atoms with E-state index in [1.54, 1.807) is 0 Å². The number of thioether (sulfide) groups is 1. The van der Waals surface area contributed by atoms with E-state index >= 15 is 0 Å². The zero-order chi connectivity index (χ0) is 9.14. The molecule has 66 valence electrons. The van der Waals surface area contributed by atoms with Crippen LogP contribution >= 0.6 is 23.4 Å². The number of benzene rings is 1. The minimum Gasteiger partial charge on any atom is -0.123 e. The van der Waals surface area contributed by atoms with Gasteiger partial charge in [0.2, 0.25) is 0 Å². The van der Waals surface area contributed by atoms with Crippen LogP contribution in [-0.4, -0.2) is 5.25 Å². The number of aryl methyl sites for hydroxylation is 1. The Labute approximate surface area is 83.3 Å². The minimum absolute atomic E-state index is 0.614. The SMILES string of the molecule is Cc1cc(Cl)cc(SC(C)C)c1. The van der Waals surface area contributed by atoms with Crippen molar-refractivity contribution < 1.29 is 0 Å². The molecule has 1 aromatic rings. The Bertz CT molecular complexity index is 248. The van der Waals surface area contributed by atoms with Crippen molar-refractivity contribution in [3.05, 3.63) is 28.8 Å². The molecule has 0 aliphatic heterocycles. The van der Waals surface area contributed by atoms with Crippen molar-refractivity contribution in [3.8, 4) is 0 Å². The quantitative estimate of drug-likeness (QED) is 0.647. The maximum Gasteiger partial charge on any atom is 0.0419 e. The molecule has 1 aromatic carbocycles. The second kappa shape index (κ2) is 4.20. The summed E-state index contributed by atoms with van der Waals surface area (Å²) in [5, 5.41) is 1.45. The normalized spacial score (nSPS) is 10.8. The van der Waals surface area contributed by atoms with Crippen molar-refractivity contribution in [2.45, 2.75) is 30.9 Å². The molecule has 0 saturated heterocycles. The number of hydrogen-bond acceptors (Lipinski definition) is 1. The Morgan fingerprint density at radius 3 is 2.42 bits per heavy atom. The van der Waals surface area contributed by atoms with E-state index in [1.807, 2.05) is 23.9 Å². The Morgan fingerprint density at radius 2 is 1.92 bits per heavy atom. The van der Waals surface area contributed by atoms with Gasteiger partial charge in [-0.1, -0.05) is 25.4 Å². The second-order valence-corrected chi connectivity index (χ2v) is 5.22. The summed E-state index contributed by atoms with van der Waals surface area (Å²) >= 11 is 7.76. The van der Waals surface area contributed by atoms with Gasteiger partial charge in [-0.15, -0.1) is 11.8 Å². The lowest BCUT2D eigenvalue weighted by Gasteiger charge is -2.05. The van der Waals surface area contributed by atoms with Crippen molar-refractivity contribution in [1.82, 2.24) is 0 Å². The van der Waals surface area contributed by atoms with Gasteiger partial charge >= 0.3 is 0 Å². The average molecular weight is 201 g/mol. The predicted octanol–water partition coefficient (Wildman–Crippen LogP) is 4.15. The highest BCUT2D eigenvalue weighted by Gasteiger charge is 1.99. The molecule has 0 aliphatic rings. The van der Waals surface area contributed by atoms with E-state index in [9.17, 15) is 0 Å². The lowest BCUT2D eigenvalue weighted by Crippen LogP contribution is -1.86. The molecule has 12 heavy (non-hydrogen) atoms. The lowest BCUT2D eigenvalue weighted by molar-refractivity contribution is 1.11. The maximum absolute atomic E-state index is 5.92. The third-order valence-corrected chi connectivity index (χ3v) is 2.58. The van der Waals surface area contributed by atoms with E-state index in [0.29, 0.717) is 5.25 Å². The summed E-state index contributed by atoms with van der Waals surface area (Å²) in [4.78, 5) is 1.26. The average Bonchev–Trinajstić information content (AvgIpc) is 1.81. The van der Waals surface area contributed by atoms with Crippen LogP contribution in [0.1, 0.15) is 19.4 Å². The van der Waals surface area contributed by atoms with Gasteiger partial charge in [0, 0.05) is 15.2 Å². The summed E-state index contributed by atoms with van der Waals surface area (Å²) in [6.07, 6.45) is 0. The van der Waals surface area contributed by atoms with Crippen LogP contribution in [-0.2, 0) is 0 Å². The second-order valence-electron chi connectivity index (χ2n) is 3.13. The molecule has 2 heteroatoms. The Hall–Kier alpha value is -0.140. The van der Waals surface area contributed by atoms with E-state index < -0.39 is 0 Å². The van der Waals surface area contributed by atoms with Crippen molar-refractivity contribution in [2.75, 3.05) is 0 Å². The third kappa shape index (κ3) is 3.08. The van der Waals surface area contributed by atoms with Crippen LogP contribution in [0.25, 0.3) is 0 Å². The zero-order valence-electron chi connectivity index (χ0n) is 7.60. The van der Waals surface area contributed by atoms with Crippen molar-refractivity contribution >= 4 is 23.4 Å². The van der Waals surface area contributed by atoms with Gasteiger partial charge in [0.15, 0.2) is 0 Å². The molecular formula is C10H13ClS. The maximum atomic E-state index is 5.92. The first-order valence-electron chi connectivity index (χ1n) is 4.02. The van der Waals surface area contributed by atoms with Crippen LogP contribution in [0.2, 0.25) is 5.02 Å². The molecule has 0 nitrogen and oxygen atoms in total. The first-order chi connectivity index (χ1) is 5.58. The molecule has 0 bridgehead atoms. The van der Waals surface area contributed by atoms with E-state index in [1.165, 1.54) is 10.5 Å². The highest BCUT2D eigenvalue weighted by molar-refractivity contribution is 7.99. The van der Waals surface area contributed by atoms with E-state index in [-0.39, 0.29) is 0 Å². The third-order valence-electron chi connectivity index (χ3n) is 1.39. The Kier molecular flexibility index (Phi) is 3.48. The molecule has 0 saturated carbocycles. The van der Waals surface area contributed by atoms with E-state index in [0.717, 1.165) is 5.02 Å². The number of halogens is 1. The van der Waals surface area contributed by atoms with Gasteiger partial charge in [0.1, 0.15) is 0 Å². The van der Waals surface area contributed by atoms with Crippen LogP contribution in [0.3, 0.4) is 0 Å². The molecule has 0 aromatic heterocycles. The summed E-state index contributed by atoms with van der Waals surface area (Å²) < 4.78 is 0. The van der Waals surface area contributed by atoms with Crippen LogP contribution in [0.15, 0.2) is 23.1 Å². The first-order valence-corrected chi connectivity index (χ1v) is 5.27. The van der Waals surface area contributed by atoms with E-state index in [2.05, 4.69) is 26.8 Å². The topological polar surface area (TPSA) is 0 Å². The minimum atomic E-state index is 0.614. The van der Waals surface area contributed by atoms with Gasteiger partial charge in [-0.05, 0) is 30.7 Å². The highest BCUT2D eigenvalue weighted by Crippen LogP contribution is 2.26. The molecule has 0 radical (unpaired) electrons. The summed E-state index contributed by atoms with van der Waals surface area (Å²) in [5.74, 6) is 0. The van der Waals surface area contributed by atoms with Gasteiger partial charge in [-0.2, -0.15) is 0 Å². The standard InChI is InChI=1S/C10H13ClS/c1-7(2)12-10-5-8(3)4-9(11)6-10/h4-7H,1-3H3. The van der Waals surface area contributed by atoms with Crippen LogP contribution in [0.5, 0.6) is 0 Å². The smallest absolute Gasteiger partial charge is 0.0419 e. The Morgan fingerprint density at radius 1 is 1.25 bits per heavy atom. The molecular weight excluding hydrogens is 188 g/mol. The fourth-order valence-corrected chi connectivity index (χ4v) is 2.39. The molecule has 0 fully saturated rings. The van der Waals surface area contributed by atoms with Gasteiger partial charge < -0.3 is 0 Å². The van der Waals surface area contributed by atoms with Crippen molar-refractivity contribution in [2.24, 2.45) is 0 Å². The summed E-state index contributed by atoms with van der Waals surface area (Å²) in [5.41, 5.74) is 1.23. The van der Waals surface area contributed by atoms with Crippen LogP contribution < -0.4 is 0 Å². The summed E-state index contributed by atoms with van der Waals surface area (Å²) in [7, 11) is 0. The molecule has 0 atom stereocenters. The number of hydrogen-bond donors (Lipinski definition) is 0. The summed E-state index contributed by atoms with van der Waals surface area (Å²) in [6, 6.07) is 6.15. The molecule has 0 aliphatic carbocycles. The van der Waals surface area contributed by atoms with Gasteiger partial charge in [0.05, 0.1) is 0 Å². The summed E-state index contributed by atoms with van der Waals surface area (Å²) in [6.45, 7) is 6.43. The number of rotatable bonds is 2. The first kappa shape index (κ1) is 9.94. The van der Waals surface area contributed by atoms with Gasteiger partial charge in [0.25, 0.3) is 0 Å². The fourth-order valence-electron chi connectivity index (χ4n) is 1.04. The molecule has 0 unspecified atom stereocenters. The van der Waals surface area contributed by atoms with Crippen LogP contribution in [0, 0.1) is 6.92 Å². The monoisotopic (exact) mass is 200 g/mol. The molecule has 0 heterocycles. The van der Waals surface area contributed by atoms with E-state index in [4.69, 9.17) is 11.6 Å². The Balaban J connectivity index is 2.85. The molecule has 0 amide bonds. The largest absolute Gasteiger partial charge is 0.123 e. The highest BCUT2D eigenvalue weighted by atomic mass is 35.5. The molecule has 0 N–H and O–H groups in total. The molecule has 0 spiro atoms.